The topological polar surface area (TPSA) is 34.1 Å². The average molecular weight is 230 g/mol. The molecule has 1 aromatic rings. The van der Waals surface area contributed by atoms with Gasteiger partial charge in [-0.25, -0.2) is 8.42 Å². The zero-order valence-electron chi connectivity index (χ0n) is 8.52. The van der Waals surface area contributed by atoms with E-state index in [0.29, 0.717) is 10.1 Å². The van der Waals surface area contributed by atoms with Gasteiger partial charge in [-0.15, -0.1) is 0 Å². The van der Waals surface area contributed by atoms with Crippen LogP contribution in [0.4, 0.5) is 0 Å². The Labute approximate surface area is 89.6 Å². The smallest absolute Gasteiger partial charge is 0.175 e. The Morgan fingerprint density at radius 2 is 1.71 bits per heavy atom. The van der Waals surface area contributed by atoms with E-state index in [1.165, 1.54) is 6.26 Å². The molecule has 2 nitrogen and oxygen atoms in total. The number of thioether (sulfide) groups is 1. The van der Waals surface area contributed by atoms with Crippen molar-refractivity contribution in [1.82, 2.24) is 0 Å². The molecule has 0 aliphatic rings. The molecule has 0 aromatic heterocycles. The molecule has 0 aliphatic heterocycles. The molecule has 1 atom stereocenters. The number of benzene rings is 1. The van der Waals surface area contributed by atoms with Gasteiger partial charge in [-0.1, -0.05) is 12.1 Å². The van der Waals surface area contributed by atoms with Crippen LogP contribution in [0.25, 0.3) is 0 Å². The average Bonchev–Trinajstić information content (AvgIpc) is 2.15. The van der Waals surface area contributed by atoms with Gasteiger partial charge in [-0.05, 0) is 30.9 Å². The predicted molar refractivity (Wildman–Crippen MR) is 61.5 cm³/mol. The Kier molecular flexibility index (Phi) is 3.61. The summed E-state index contributed by atoms with van der Waals surface area (Å²) in [6.07, 6.45) is 3.26. The molecule has 1 rings (SSSR count). The first-order chi connectivity index (χ1) is 6.45. The molecule has 0 aliphatic carbocycles. The van der Waals surface area contributed by atoms with E-state index in [-0.39, 0.29) is 0 Å². The molecule has 0 bridgehead atoms. The second-order valence-corrected chi connectivity index (χ2v) is 6.41. The van der Waals surface area contributed by atoms with Crippen LogP contribution in [0, 0.1) is 0 Å². The lowest BCUT2D eigenvalue weighted by atomic mass is 10.2. The molecule has 0 amide bonds. The number of rotatable bonds is 3. The first-order valence-electron chi connectivity index (χ1n) is 4.28. The van der Waals surface area contributed by atoms with Crippen molar-refractivity contribution in [2.45, 2.75) is 17.1 Å². The highest BCUT2D eigenvalue weighted by atomic mass is 32.2. The van der Waals surface area contributed by atoms with Crippen LogP contribution in [0.2, 0.25) is 0 Å². The fourth-order valence-electron chi connectivity index (χ4n) is 1.12. The van der Waals surface area contributed by atoms with Crippen LogP contribution in [-0.4, -0.2) is 20.9 Å². The SMILES string of the molecule is CSC(C)c1ccc(S(C)(=O)=O)cc1. The molecule has 0 fully saturated rings. The van der Waals surface area contributed by atoms with Crippen LogP contribution < -0.4 is 0 Å². The summed E-state index contributed by atoms with van der Waals surface area (Å²) in [4.78, 5) is 0.384. The van der Waals surface area contributed by atoms with E-state index in [2.05, 4.69) is 6.92 Å². The van der Waals surface area contributed by atoms with Crippen LogP contribution in [0.1, 0.15) is 17.7 Å². The van der Waals surface area contributed by atoms with Crippen LogP contribution in [-0.2, 0) is 9.84 Å². The van der Waals surface area contributed by atoms with Gasteiger partial charge in [-0.2, -0.15) is 11.8 Å². The quantitative estimate of drug-likeness (QED) is 0.800. The minimum absolute atomic E-state index is 0.384. The maximum absolute atomic E-state index is 11.2. The van der Waals surface area contributed by atoms with E-state index in [0.717, 1.165) is 5.56 Å². The summed E-state index contributed by atoms with van der Waals surface area (Å²) in [5, 5.41) is 0.406. The Balaban J connectivity index is 3.01. The van der Waals surface area contributed by atoms with Gasteiger partial charge in [0.2, 0.25) is 0 Å². The zero-order chi connectivity index (χ0) is 10.8. The lowest BCUT2D eigenvalue weighted by Crippen LogP contribution is -1.97. The van der Waals surface area contributed by atoms with E-state index in [4.69, 9.17) is 0 Å². The Bertz CT molecular complexity index is 393. The lowest BCUT2D eigenvalue weighted by Gasteiger charge is -2.08. The maximum atomic E-state index is 11.2. The highest BCUT2D eigenvalue weighted by molar-refractivity contribution is 7.98. The van der Waals surface area contributed by atoms with Gasteiger partial charge in [0.05, 0.1) is 4.90 Å². The zero-order valence-corrected chi connectivity index (χ0v) is 10.2. The molecule has 4 heteroatoms. The van der Waals surface area contributed by atoms with E-state index < -0.39 is 9.84 Å². The fourth-order valence-corrected chi connectivity index (χ4v) is 2.18. The van der Waals surface area contributed by atoms with E-state index in [9.17, 15) is 8.42 Å². The van der Waals surface area contributed by atoms with Crippen LogP contribution in [0.3, 0.4) is 0 Å². The van der Waals surface area contributed by atoms with Gasteiger partial charge in [0.1, 0.15) is 0 Å². The minimum Gasteiger partial charge on any atom is -0.224 e. The lowest BCUT2D eigenvalue weighted by molar-refractivity contribution is 0.602. The first kappa shape index (κ1) is 11.6. The summed E-state index contributed by atoms with van der Waals surface area (Å²) >= 11 is 1.74. The van der Waals surface area contributed by atoms with E-state index in [1.54, 1.807) is 23.9 Å². The normalized spacial score (nSPS) is 13.9. The highest BCUT2D eigenvalue weighted by Gasteiger charge is 2.08. The molecule has 1 aromatic carbocycles. The number of hydrogen-bond acceptors (Lipinski definition) is 3. The molecular formula is C10H14O2S2. The number of sulfone groups is 1. The third-order valence-corrected chi connectivity index (χ3v) is 4.24. The second-order valence-electron chi connectivity index (χ2n) is 3.22. The Morgan fingerprint density at radius 1 is 1.21 bits per heavy atom. The maximum Gasteiger partial charge on any atom is 0.175 e. The van der Waals surface area contributed by atoms with Crippen molar-refractivity contribution in [2.75, 3.05) is 12.5 Å². The van der Waals surface area contributed by atoms with Crippen molar-refractivity contribution in [3.63, 3.8) is 0 Å². The number of hydrogen-bond donors (Lipinski definition) is 0. The molecule has 0 saturated carbocycles. The van der Waals surface area contributed by atoms with Gasteiger partial charge >= 0.3 is 0 Å². The molecule has 0 N–H and O–H groups in total. The summed E-state index contributed by atoms with van der Waals surface area (Å²) in [6.45, 7) is 2.10. The monoisotopic (exact) mass is 230 g/mol. The molecule has 1 unspecified atom stereocenters. The Morgan fingerprint density at radius 3 is 2.07 bits per heavy atom. The summed E-state index contributed by atoms with van der Waals surface area (Å²) in [6, 6.07) is 7.07. The third-order valence-electron chi connectivity index (χ3n) is 2.13. The molecule has 0 spiro atoms. The standard InChI is InChI=1S/C10H14O2S2/c1-8(13-2)9-4-6-10(7-5-9)14(3,11)12/h4-8H,1-3H3. The van der Waals surface area contributed by atoms with Gasteiger partial charge in [0.25, 0.3) is 0 Å². The molecular weight excluding hydrogens is 216 g/mol. The molecule has 0 radical (unpaired) electrons. The summed E-state index contributed by atoms with van der Waals surface area (Å²) in [5.41, 5.74) is 1.16. The van der Waals surface area contributed by atoms with Crippen molar-refractivity contribution in [3.8, 4) is 0 Å². The fraction of sp³-hybridized carbons (Fsp3) is 0.400. The van der Waals surface area contributed by atoms with Crippen LogP contribution in [0.15, 0.2) is 29.2 Å². The van der Waals surface area contributed by atoms with Gasteiger partial charge in [-0.3, -0.25) is 0 Å². The second kappa shape index (κ2) is 4.36. The predicted octanol–water partition coefficient (Wildman–Crippen LogP) is 2.51. The van der Waals surface area contributed by atoms with E-state index in [1.807, 2.05) is 18.4 Å². The van der Waals surface area contributed by atoms with Gasteiger partial charge in [0, 0.05) is 11.5 Å². The van der Waals surface area contributed by atoms with Crippen molar-refractivity contribution in [3.05, 3.63) is 29.8 Å². The van der Waals surface area contributed by atoms with Gasteiger partial charge in [0.15, 0.2) is 9.84 Å². The first-order valence-corrected chi connectivity index (χ1v) is 7.46. The van der Waals surface area contributed by atoms with Crippen molar-refractivity contribution < 1.29 is 8.42 Å². The van der Waals surface area contributed by atoms with E-state index >= 15 is 0 Å². The highest BCUT2D eigenvalue weighted by Crippen LogP contribution is 2.26. The molecule has 78 valence electrons. The molecule has 14 heavy (non-hydrogen) atoms. The van der Waals surface area contributed by atoms with Gasteiger partial charge < -0.3 is 0 Å². The van der Waals surface area contributed by atoms with Crippen molar-refractivity contribution in [2.24, 2.45) is 0 Å². The van der Waals surface area contributed by atoms with Crippen molar-refractivity contribution >= 4 is 21.6 Å². The van der Waals surface area contributed by atoms with Crippen molar-refractivity contribution in [1.29, 1.82) is 0 Å². The van der Waals surface area contributed by atoms with Crippen LogP contribution >= 0.6 is 11.8 Å². The minimum atomic E-state index is -3.06. The summed E-state index contributed by atoms with van der Waals surface area (Å²) in [5.74, 6) is 0. The molecule has 0 saturated heterocycles. The third kappa shape index (κ3) is 2.75. The Hall–Kier alpha value is -0.480. The summed E-state index contributed by atoms with van der Waals surface area (Å²) in [7, 11) is -3.06. The molecule has 0 heterocycles. The van der Waals surface area contributed by atoms with Crippen LogP contribution in [0.5, 0.6) is 0 Å². The largest absolute Gasteiger partial charge is 0.224 e. The summed E-state index contributed by atoms with van der Waals surface area (Å²) < 4.78 is 22.4.